The number of benzene rings is 1. The maximum absolute atomic E-state index is 13.1. The van der Waals surface area contributed by atoms with E-state index in [0.29, 0.717) is 25.1 Å². The van der Waals surface area contributed by atoms with Gasteiger partial charge >= 0.3 is 0 Å². The Labute approximate surface area is 115 Å². The van der Waals surface area contributed by atoms with Crippen LogP contribution in [-0.4, -0.2) is 23.1 Å². The fourth-order valence-electron chi connectivity index (χ4n) is 1.62. The summed E-state index contributed by atoms with van der Waals surface area (Å²) in [5, 5.41) is 3.96. The van der Waals surface area contributed by atoms with Crippen LogP contribution in [0.25, 0.3) is 0 Å². The van der Waals surface area contributed by atoms with Crippen LogP contribution in [0.15, 0.2) is 18.2 Å². The molecule has 1 aromatic heterocycles. The molecular formula is C13H16FN3OS. The molecule has 0 unspecified atom stereocenters. The maximum Gasteiger partial charge on any atom is 0.202 e. The van der Waals surface area contributed by atoms with Gasteiger partial charge in [-0.2, -0.15) is 4.37 Å². The maximum atomic E-state index is 13.1. The van der Waals surface area contributed by atoms with Crippen LogP contribution >= 0.6 is 11.5 Å². The first-order valence-electron chi connectivity index (χ1n) is 5.99. The Morgan fingerprint density at radius 1 is 1.42 bits per heavy atom. The van der Waals surface area contributed by atoms with Crippen molar-refractivity contribution in [2.24, 2.45) is 0 Å². The topological polar surface area (TPSA) is 47.0 Å². The molecule has 6 heteroatoms. The molecule has 0 spiro atoms. The zero-order chi connectivity index (χ0) is 13.7. The third kappa shape index (κ3) is 3.97. The minimum Gasteiger partial charge on any atom is -0.384 e. The van der Waals surface area contributed by atoms with Crippen LogP contribution in [0, 0.1) is 12.7 Å². The predicted octanol–water partition coefficient (Wildman–Crippen LogP) is 2.79. The van der Waals surface area contributed by atoms with Crippen LogP contribution < -0.4 is 5.32 Å². The Kier molecular flexibility index (Phi) is 4.81. The van der Waals surface area contributed by atoms with Gasteiger partial charge in [0.2, 0.25) is 5.13 Å². The van der Waals surface area contributed by atoms with E-state index >= 15 is 0 Å². The van der Waals surface area contributed by atoms with Crippen molar-refractivity contribution in [2.75, 3.05) is 19.0 Å². The van der Waals surface area contributed by atoms with Crippen molar-refractivity contribution < 1.29 is 9.13 Å². The van der Waals surface area contributed by atoms with Crippen LogP contribution in [0.3, 0.4) is 0 Å². The van der Waals surface area contributed by atoms with Crippen LogP contribution in [0.2, 0.25) is 0 Å². The van der Waals surface area contributed by atoms with Crippen molar-refractivity contribution in [3.05, 3.63) is 41.0 Å². The number of methoxy groups -OCH3 is 1. The summed E-state index contributed by atoms with van der Waals surface area (Å²) >= 11 is 1.32. The van der Waals surface area contributed by atoms with Gasteiger partial charge in [0, 0.05) is 31.6 Å². The van der Waals surface area contributed by atoms with E-state index in [1.165, 1.54) is 17.6 Å². The Morgan fingerprint density at radius 2 is 2.26 bits per heavy atom. The molecule has 102 valence electrons. The molecule has 0 aliphatic heterocycles. The summed E-state index contributed by atoms with van der Waals surface area (Å²) in [4.78, 5) is 4.35. The minimum atomic E-state index is -0.179. The van der Waals surface area contributed by atoms with Gasteiger partial charge < -0.3 is 10.1 Å². The van der Waals surface area contributed by atoms with E-state index in [-0.39, 0.29) is 5.82 Å². The molecule has 0 atom stereocenters. The zero-order valence-electron chi connectivity index (χ0n) is 10.9. The van der Waals surface area contributed by atoms with Crippen molar-refractivity contribution in [1.29, 1.82) is 0 Å². The number of aryl methyl sites for hydroxylation is 1. The molecule has 0 aliphatic carbocycles. The third-order valence-corrected chi connectivity index (χ3v) is 3.37. The summed E-state index contributed by atoms with van der Waals surface area (Å²) in [6.07, 6.45) is 0.713. The van der Waals surface area contributed by atoms with E-state index in [1.807, 2.05) is 6.07 Å². The first-order valence-corrected chi connectivity index (χ1v) is 6.77. The number of ether oxygens (including phenoxy) is 1. The van der Waals surface area contributed by atoms with Gasteiger partial charge in [0.1, 0.15) is 11.6 Å². The van der Waals surface area contributed by atoms with Crippen molar-refractivity contribution in [3.63, 3.8) is 0 Å². The van der Waals surface area contributed by atoms with Gasteiger partial charge in [0.15, 0.2) is 0 Å². The van der Waals surface area contributed by atoms with E-state index in [4.69, 9.17) is 4.74 Å². The van der Waals surface area contributed by atoms with E-state index < -0.39 is 0 Å². The number of halogens is 1. The Hall–Kier alpha value is -1.53. The molecule has 0 bridgehead atoms. The molecule has 1 N–H and O–H groups in total. The lowest BCUT2D eigenvalue weighted by Gasteiger charge is -2.04. The summed E-state index contributed by atoms with van der Waals surface area (Å²) in [5.74, 6) is 0.603. The van der Waals surface area contributed by atoms with Crippen molar-refractivity contribution in [1.82, 2.24) is 9.36 Å². The highest BCUT2D eigenvalue weighted by molar-refractivity contribution is 7.09. The van der Waals surface area contributed by atoms with Gasteiger partial charge in [0.05, 0.1) is 6.61 Å². The summed E-state index contributed by atoms with van der Waals surface area (Å²) in [7, 11) is 1.66. The van der Waals surface area contributed by atoms with Crippen LogP contribution in [0.1, 0.15) is 17.0 Å². The molecule has 0 saturated carbocycles. The number of nitrogens with one attached hydrogen (secondary N) is 1. The van der Waals surface area contributed by atoms with E-state index in [0.717, 1.165) is 16.5 Å². The highest BCUT2D eigenvalue weighted by atomic mass is 32.1. The monoisotopic (exact) mass is 281 g/mol. The SMILES string of the molecule is COCCc1nsc(NCc2ccc(F)c(C)c2)n1. The standard InChI is InChI=1S/C13H16FN3OS/c1-9-7-10(3-4-11(9)14)8-15-13-16-12(17-19-13)5-6-18-2/h3-4,7H,5-6,8H2,1-2H3,(H,15,16,17). The first-order chi connectivity index (χ1) is 9.19. The molecule has 2 aromatic rings. The highest BCUT2D eigenvalue weighted by Crippen LogP contribution is 2.14. The Balaban J connectivity index is 1.91. The number of hydrogen-bond acceptors (Lipinski definition) is 5. The largest absolute Gasteiger partial charge is 0.384 e. The number of hydrogen-bond donors (Lipinski definition) is 1. The molecule has 0 radical (unpaired) electrons. The molecule has 1 aromatic carbocycles. The number of rotatable bonds is 6. The van der Waals surface area contributed by atoms with Gasteiger partial charge in [-0.25, -0.2) is 9.37 Å². The second-order valence-electron chi connectivity index (χ2n) is 4.20. The van der Waals surface area contributed by atoms with Crippen LogP contribution in [0.4, 0.5) is 9.52 Å². The predicted molar refractivity (Wildman–Crippen MR) is 74.0 cm³/mol. The Bertz CT molecular complexity index is 544. The minimum absolute atomic E-state index is 0.179. The molecule has 4 nitrogen and oxygen atoms in total. The molecule has 19 heavy (non-hydrogen) atoms. The number of anilines is 1. The van der Waals surface area contributed by atoms with E-state index in [1.54, 1.807) is 20.1 Å². The molecule has 2 rings (SSSR count). The summed E-state index contributed by atoms with van der Waals surface area (Å²) in [6, 6.07) is 5.08. The normalized spacial score (nSPS) is 10.7. The second-order valence-corrected chi connectivity index (χ2v) is 4.95. The van der Waals surface area contributed by atoms with Crippen LogP contribution in [0.5, 0.6) is 0 Å². The third-order valence-electron chi connectivity index (χ3n) is 2.66. The lowest BCUT2D eigenvalue weighted by atomic mass is 10.1. The van der Waals surface area contributed by atoms with Crippen molar-refractivity contribution >= 4 is 16.7 Å². The molecule has 0 saturated heterocycles. The average molecular weight is 281 g/mol. The van der Waals surface area contributed by atoms with E-state index in [9.17, 15) is 4.39 Å². The summed E-state index contributed by atoms with van der Waals surface area (Å²) < 4.78 is 22.3. The van der Waals surface area contributed by atoms with Gasteiger partial charge in [-0.3, -0.25) is 0 Å². The second kappa shape index (κ2) is 6.58. The van der Waals surface area contributed by atoms with Gasteiger partial charge in [-0.1, -0.05) is 12.1 Å². The van der Waals surface area contributed by atoms with Gasteiger partial charge in [0.25, 0.3) is 0 Å². The quantitative estimate of drug-likeness (QED) is 0.884. The number of aromatic nitrogens is 2. The molecule has 0 fully saturated rings. The smallest absolute Gasteiger partial charge is 0.202 e. The highest BCUT2D eigenvalue weighted by Gasteiger charge is 2.04. The first kappa shape index (κ1) is 13.9. The van der Waals surface area contributed by atoms with Gasteiger partial charge in [-0.15, -0.1) is 0 Å². The molecule has 0 aliphatic rings. The molecule has 0 amide bonds. The van der Waals surface area contributed by atoms with Crippen molar-refractivity contribution in [3.8, 4) is 0 Å². The molecular weight excluding hydrogens is 265 g/mol. The number of nitrogens with zero attached hydrogens (tertiary/aromatic N) is 2. The summed E-state index contributed by atoms with van der Waals surface area (Å²) in [6.45, 7) is 2.99. The lowest BCUT2D eigenvalue weighted by Crippen LogP contribution is -2.01. The summed E-state index contributed by atoms with van der Waals surface area (Å²) in [5.41, 5.74) is 1.67. The Morgan fingerprint density at radius 3 is 3.00 bits per heavy atom. The lowest BCUT2D eigenvalue weighted by molar-refractivity contribution is 0.201. The fourth-order valence-corrected chi connectivity index (χ4v) is 2.22. The zero-order valence-corrected chi connectivity index (χ0v) is 11.8. The van der Waals surface area contributed by atoms with Crippen molar-refractivity contribution in [2.45, 2.75) is 19.9 Å². The fraction of sp³-hybridized carbons (Fsp3) is 0.385. The average Bonchev–Trinajstić information content (AvgIpc) is 2.86. The van der Waals surface area contributed by atoms with Crippen LogP contribution in [-0.2, 0) is 17.7 Å². The van der Waals surface area contributed by atoms with Gasteiger partial charge in [-0.05, 0) is 24.1 Å². The molecule has 1 heterocycles. The van der Waals surface area contributed by atoms with E-state index in [2.05, 4.69) is 14.7 Å².